The van der Waals surface area contributed by atoms with Crippen LogP contribution in [0.5, 0.6) is 0 Å². The van der Waals surface area contributed by atoms with E-state index in [9.17, 15) is 9.90 Å². The molecule has 1 aromatic heterocycles. The van der Waals surface area contributed by atoms with Gasteiger partial charge in [-0.2, -0.15) is 0 Å². The molecule has 0 saturated heterocycles. The van der Waals surface area contributed by atoms with E-state index in [1.807, 2.05) is 0 Å². The molecule has 110 valence electrons. The van der Waals surface area contributed by atoms with Gasteiger partial charge in [-0.1, -0.05) is 0 Å². The first kappa shape index (κ1) is 14.9. The van der Waals surface area contributed by atoms with Gasteiger partial charge in [0.25, 0.3) is 0 Å². The number of nitrogens with zero attached hydrogens (tertiary/aromatic N) is 1. The van der Waals surface area contributed by atoms with Crippen LogP contribution >= 0.6 is 0 Å². The van der Waals surface area contributed by atoms with Crippen LogP contribution in [0.1, 0.15) is 37.7 Å². The van der Waals surface area contributed by atoms with E-state index in [4.69, 9.17) is 4.74 Å². The summed E-state index contributed by atoms with van der Waals surface area (Å²) in [7, 11) is 1.75. The van der Waals surface area contributed by atoms with Crippen LogP contribution in [-0.4, -0.2) is 29.2 Å². The zero-order valence-corrected chi connectivity index (χ0v) is 11.8. The van der Waals surface area contributed by atoms with Crippen molar-refractivity contribution in [3.05, 3.63) is 24.0 Å². The van der Waals surface area contributed by atoms with Crippen LogP contribution in [0.3, 0.4) is 0 Å². The van der Waals surface area contributed by atoms with Crippen molar-refractivity contribution < 1.29 is 14.6 Å². The summed E-state index contributed by atoms with van der Waals surface area (Å²) >= 11 is 0. The standard InChI is InChI=1S/C15H22N2O3/c1-20-13-4-2-11(3-5-13)8-15(19)17-14-9-16-7-6-12(14)10-18/h6-7,9,11,13,18H,2-5,8,10H2,1H3,(H,17,19). The zero-order chi connectivity index (χ0) is 14.4. The van der Waals surface area contributed by atoms with E-state index in [0.717, 1.165) is 25.7 Å². The van der Waals surface area contributed by atoms with Gasteiger partial charge >= 0.3 is 0 Å². The highest BCUT2D eigenvalue weighted by Gasteiger charge is 2.23. The normalized spacial score (nSPS) is 22.5. The number of ether oxygens (including phenoxy) is 1. The Bertz CT molecular complexity index is 442. The minimum Gasteiger partial charge on any atom is -0.392 e. The molecule has 1 aromatic rings. The zero-order valence-electron chi connectivity index (χ0n) is 11.8. The van der Waals surface area contributed by atoms with Gasteiger partial charge in [0.2, 0.25) is 5.91 Å². The van der Waals surface area contributed by atoms with Crippen molar-refractivity contribution in [2.24, 2.45) is 5.92 Å². The molecule has 1 amide bonds. The summed E-state index contributed by atoms with van der Waals surface area (Å²) in [5.74, 6) is 0.421. The number of hydrogen-bond acceptors (Lipinski definition) is 4. The van der Waals surface area contributed by atoms with Gasteiger partial charge in [0.15, 0.2) is 0 Å². The van der Waals surface area contributed by atoms with Crippen molar-refractivity contribution in [1.82, 2.24) is 4.98 Å². The molecule has 1 aliphatic carbocycles. The van der Waals surface area contributed by atoms with Crippen LogP contribution in [0.2, 0.25) is 0 Å². The molecule has 0 spiro atoms. The number of aliphatic hydroxyl groups excluding tert-OH is 1. The molecule has 0 radical (unpaired) electrons. The van der Waals surface area contributed by atoms with E-state index < -0.39 is 0 Å². The molecule has 1 aliphatic rings. The molecule has 2 N–H and O–H groups in total. The smallest absolute Gasteiger partial charge is 0.224 e. The second-order valence-corrected chi connectivity index (χ2v) is 5.32. The fraction of sp³-hybridized carbons (Fsp3) is 0.600. The molecule has 5 heteroatoms. The molecular formula is C15H22N2O3. The van der Waals surface area contributed by atoms with Crippen LogP contribution < -0.4 is 5.32 Å². The Morgan fingerprint density at radius 2 is 2.20 bits per heavy atom. The fourth-order valence-corrected chi connectivity index (χ4v) is 2.71. The van der Waals surface area contributed by atoms with E-state index in [0.29, 0.717) is 29.7 Å². The highest BCUT2D eigenvalue weighted by Crippen LogP contribution is 2.28. The molecule has 0 aliphatic heterocycles. The monoisotopic (exact) mass is 278 g/mol. The summed E-state index contributed by atoms with van der Waals surface area (Å²) in [6.07, 6.45) is 8.19. The molecular weight excluding hydrogens is 256 g/mol. The first-order chi connectivity index (χ1) is 9.72. The van der Waals surface area contributed by atoms with E-state index in [2.05, 4.69) is 10.3 Å². The number of carbonyl (C=O) groups is 1. The van der Waals surface area contributed by atoms with Gasteiger partial charge in [0, 0.05) is 25.3 Å². The topological polar surface area (TPSA) is 71.5 Å². The van der Waals surface area contributed by atoms with Crippen molar-refractivity contribution in [1.29, 1.82) is 0 Å². The molecule has 2 rings (SSSR count). The third-order valence-corrected chi connectivity index (χ3v) is 3.96. The Labute approximate surface area is 119 Å². The van der Waals surface area contributed by atoms with E-state index >= 15 is 0 Å². The van der Waals surface area contributed by atoms with E-state index in [1.165, 1.54) is 0 Å². The first-order valence-electron chi connectivity index (χ1n) is 7.09. The number of rotatable bonds is 5. The second-order valence-electron chi connectivity index (χ2n) is 5.32. The Kier molecular flexibility index (Phi) is 5.49. The van der Waals surface area contributed by atoms with E-state index in [1.54, 1.807) is 25.6 Å². The summed E-state index contributed by atoms with van der Waals surface area (Å²) in [6.45, 7) is -0.100. The number of amides is 1. The third kappa shape index (κ3) is 4.02. The highest BCUT2D eigenvalue weighted by atomic mass is 16.5. The Balaban J connectivity index is 1.84. The minimum absolute atomic E-state index is 0.00596. The average Bonchev–Trinajstić information content (AvgIpc) is 2.48. The van der Waals surface area contributed by atoms with Gasteiger partial charge in [0.1, 0.15) is 0 Å². The summed E-state index contributed by atoms with van der Waals surface area (Å²) in [4.78, 5) is 16.0. The number of carbonyl (C=O) groups excluding carboxylic acids is 1. The Morgan fingerprint density at radius 1 is 1.45 bits per heavy atom. The molecule has 1 saturated carbocycles. The summed E-state index contributed by atoms with van der Waals surface area (Å²) in [5.41, 5.74) is 1.29. The lowest BCUT2D eigenvalue weighted by Crippen LogP contribution is -2.24. The minimum atomic E-state index is -0.100. The molecule has 1 fully saturated rings. The lowest BCUT2D eigenvalue weighted by Gasteiger charge is -2.27. The van der Waals surface area contributed by atoms with Crippen LogP contribution in [0.25, 0.3) is 0 Å². The number of anilines is 1. The second kappa shape index (κ2) is 7.36. The highest BCUT2D eigenvalue weighted by molar-refractivity contribution is 5.91. The number of nitrogens with one attached hydrogen (secondary N) is 1. The largest absolute Gasteiger partial charge is 0.392 e. The van der Waals surface area contributed by atoms with E-state index in [-0.39, 0.29) is 12.5 Å². The number of pyridine rings is 1. The lowest BCUT2D eigenvalue weighted by molar-refractivity contribution is -0.117. The molecule has 1 heterocycles. The van der Waals surface area contributed by atoms with Crippen molar-refractivity contribution >= 4 is 11.6 Å². The summed E-state index contributed by atoms with van der Waals surface area (Å²) in [6, 6.07) is 1.71. The van der Waals surface area contributed by atoms with Crippen molar-refractivity contribution in [2.45, 2.75) is 44.8 Å². The maximum atomic E-state index is 12.0. The number of methoxy groups -OCH3 is 1. The van der Waals surface area contributed by atoms with Crippen LogP contribution in [-0.2, 0) is 16.1 Å². The number of hydrogen-bond donors (Lipinski definition) is 2. The Hall–Kier alpha value is -1.46. The lowest BCUT2D eigenvalue weighted by atomic mass is 9.85. The quantitative estimate of drug-likeness (QED) is 0.865. The first-order valence-corrected chi connectivity index (χ1v) is 7.09. The molecule has 0 aromatic carbocycles. The maximum absolute atomic E-state index is 12.0. The SMILES string of the molecule is COC1CCC(CC(=O)Nc2cnccc2CO)CC1. The van der Waals surface area contributed by atoms with Crippen LogP contribution in [0, 0.1) is 5.92 Å². The number of aromatic nitrogens is 1. The molecule has 0 unspecified atom stereocenters. The van der Waals surface area contributed by atoms with Crippen molar-refractivity contribution in [3.8, 4) is 0 Å². The van der Waals surface area contributed by atoms with Gasteiger partial charge < -0.3 is 15.2 Å². The average molecular weight is 278 g/mol. The predicted molar refractivity (Wildman–Crippen MR) is 76.2 cm³/mol. The van der Waals surface area contributed by atoms with Gasteiger partial charge in [-0.25, -0.2) is 0 Å². The maximum Gasteiger partial charge on any atom is 0.224 e. The van der Waals surface area contributed by atoms with Gasteiger partial charge in [-0.05, 0) is 37.7 Å². The van der Waals surface area contributed by atoms with Gasteiger partial charge in [-0.3, -0.25) is 9.78 Å². The van der Waals surface area contributed by atoms with Gasteiger partial charge in [-0.15, -0.1) is 0 Å². The Morgan fingerprint density at radius 3 is 2.85 bits per heavy atom. The molecule has 0 atom stereocenters. The van der Waals surface area contributed by atoms with Crippen molar-refractivity contribution in [3.63, 3.8) is 0 Å². The predicted octanol–water partition coefficient (Wildman–Crippen LogP) is 2.11. The number of aliphatic hydroxyl groups is 1. The third-order valence-electron chi connectivity index (χ3n) is 3.96. The molecule has 20 heavy (non-hydrogen) atoms. The van der Waals surface area contributed by atoms with Gasteiger partial charge in [0.05, 0.1) is 24.6 Å². The molecule has 5 nitrogen and oxygen atoms in total. The van der Waals surface area contributed by atoms with Crippen LogP contribution in [0.15, 0.2) is 18.5 Å². The van der Waals surface area contributed by atoms with Crippen LogP contribution in [0.4, 0.5) is 5.69 Å². The molecule has 0 bridgehead atoms. The fourth-order valence-electron chi connectivity index (χ4n) is 2.71. The summed E-state index contributed by atoms with van der Waals surface area (Å²) < 4.78 is 5.33. The van der Waals surface area contributed by atoms with Crippen molar-refractivity contribution in [2.75, 3.05) is 12.4 Å². The summed E-state index contributed by atoms with van der Waals surface area (Å²) in [5, 5.41) is 12.1.